The average Bonchev–Trinajstić information content (AvgIpc) is 2.55. The van der Waals surface area contributed by atoms with Gasteiger partial charge in [-0.25, -0.2) is 0 Å². The maximum Gasteiger partial charge on any atom is 0.305 e. The summed E-state index contributed by atoms with van der Waals surface area (Å²) in [5.41, 5.74) is 2.64. The molecule has 2 aromatic carbocycles. The van der Waals surface area contributed by atoms with Gasteiger partial charge in [-0.1, -0.05) is 54.6 Å². The van der Waals surface area contributed by atoms with Crippen LogP contribution in [0.3, 0.4) is 0 Å². The fourth-order valence-electron chi connectivity index (χ4n) is 2.54. The quantitative estimate of drug-likeness (QED) is 0.782. The summed E-state index contributed by atoms with van der Waals surface area (Å²) in [5, 5.41) is 11.9. The van der Waals surface area contributed by atoms with Crippen molar-refractivity contribution in [3.63, 3.8) is 0 Å². The number of rotatable bonds is 8. The molecular formula is C19H21NO4. The number of aliphatic carboxylic acids is 1. The Kier molecular flexibility index (Phi) is 6.51. The van der Waals surface area contributed by atoms with Gasteiger partial charge in [-0.3, -0.25) is 9.59 Å². The molecule has 1 atom stereocenters. The van der Waals surface area contributed by atoms with Crippen molar-refractivity contribution in [2.45, 2.75) is 25.5 Å². The zero-order valence-corrected chi connectivity index (χ0v) is 13.6. The molecule has 0 fully saturated rings. The molecule has 0 aliphatic rings. The second-order valence-corrected chi connectivity index (χ2v) is 5.56. The summed E-state index contributed by atoms with van der Waals surface area (Å²) in [6.07, 6.45) is 0.0416. The highest BCUT2D eigenvalue weighted by Crippen LogP contribution is 2.17. The Morgan fingerprint density at radius 3 is 2.46 bits per heavy atom. The molecule has 2 N–H and O–H groups in total. The van der Waals surface area contributed by atoms with E-state index in [0.717, 1.165) is 16.7 Å². The molecule has 1 unspecified atom stereocenters. The summed E-state index contributed by atoms with van der Waals surface area (Å²) >= 11 is 0. The molecule has 0 bridgehead atoms. The molecule has 0 saturated heterocycles. The smallest absolute Gasteiger partial charge is 0.305 e. The van der Waals surface area contributed by atoms with Crippen LogP contribution >= 0.6 is 0 Å². The number of carbonyl (C=O) groups is 2. The molecule has 0 aliphatic heterocycles. The number of ether oxygens (including phenoxy) is 1. The van der Waals surface area contributed by atoms with E-state index in [9.17, 15) is 9.59 Å². The summed E-state index contributed by atoms with van der Waals surface area (Å²) in [6, 6.07) is 16.2. The molecule has 5 nitrogen and oxygen atoms in total. The molecule has 2 aromatic rings. The SMILES string of the molecule is COCc1cccc(CC(=O)NC(CC(=O)O)c2ccccc2)c1. The number of benzene rings is 2. The number of carboxylic acids is 1. The predicted octanol–water partition coefficient (Wildman–Crippen LogP) is 2.71. The van der Waals surface area contributed by atoms with E-state index >= 15 is 0 Å². The minimum Gasteiger partial charge on any atom is -0.481 e. The minimum absolute atomic E-state index is 0.153. The standard InChI is InChI=1S/C19H21NO4/c1-24-13-15-7-5-6-14(10-15)11-18(21)20-17(12-19(22)23)16-8-3-2-4-9-16/h2-10,17H,11-13H2,1H3,(H,20,21)(H,22,23). The maximum absolute atomic E-state index is 12.3. The van der Waals surface area contributed by atoms with Crippen LogP contribution in [0.2, 0.25) is 0 Å². The highest BCUT2D eigenvalue weighted by atomic mass is 16.5. The summed E-state index contributed by atoms with van der Waals surface area (Å²) < 4.78 is 5.09. The monoisotopic (exact) mass is 327 g/mol. The van der Waals surface area contributed by atoms with E-state index in [-0.39, 0.29) is 18.7 Å². The maximum atomic E-state index is 12.3. The zero-order chi connectivity index (χ0) is 17.4. The van der Waals surface area contributed by atoms with Gasteiger partial charge in [-0.2, -0.15) is 0 Å². The molecule has 5 heteroatoms. The lowest BCUT2D eigenvalue weighted by Crippen LogP contribution is -2.31. The number of hydrogen-bond donors (Lipinski definition) is 2. The van der Waals surface area contributed by atoms with Crippen LogP contribution in [0.4, 0.5) is 0 Å². The van der Waals surface area contributed by atoms with Crippen LogP contribution in [-0.4, -0.2) is 24.1 Å². The van der Waals surface area contributed by atoms with Gasteiger partial charge in [0.2, 0.25) is 5.91 Å². The van der Waals surface area contributed by atoms with E-state index in [1.165, 1.54) is 0 Å². The molecule has 0 heterocycles. The first kappa shape index (κ1) is 17.7. The number of carboxylic acid groups (broad SMARTS) is 1. The fraction of sp³-hybridized carbons (Fsp3) is 0.263. The lowest BCUT2D eigenvalue weighted by atomic mass is 10.0. The van der Waals surface area contributed by atoms with Crippen molar-refractivity contribution in [2.24, 2.45) is 0 Å². The van der Waals surface area contributed by atoms with Crippen molar-refractivity contribution in [3.8, 4) is 0 Å². The van der Waals surface area contributed by atoms with Crippen LogP contribution in [0.5, 0.6) is 0 Å². The van der Waals surface area contributed by atoms with Gasteiger partial charge in [-0.15, -0.1) is 0 Å². The number of nitrogens with one attached hydrogen (secondary N) is 1. The lowest BCUT2D eigenvalue weighted by Gasteiger charge is -2.17. The fourth-order valence-corrected chi connectivity index (χ4v) is 2.54. The highest BCUT2D eigenvalue weighted by Gasteiger charge is 2.18. The topological polar surface area (TPSA) is 75.6 Å². The molecule has 0 aliphatic carbocycles. The highest BCUT2D eigenvalue weighted by molar-refractivity contribution is 5.80. The molecule has 1 amide bonds. The molecule has 24 heavy (non-hydrogen) atoms. The van der Waals surface area contributed by atoms with E-state index in [1.54, 1.807) is 7.11 Å². The summed E-state index contributed by atoms with van der Waals surface area (Å²) in [7, 11) is 1.62. The number of hydrogen-bond acceptors (Lipinski definition) is 3. The Balaban J connectivity index is 2.05. The second kappa shape index (κ2) is 8.84. The van der Waals surface area contributed by atoms with Gasteiger partial charge in [-0.05, 0) is 16.7 Å². The Bertz CT molecular complexity index is 685. The van der Waals surface area contributed by atoms with E-state index < -0.39 is 12.0 Å². The Labute approximate surface area is 141 Å². The average molecular weight is 327 g/mol. The van der Waals surface area contributed by atoms with Gasteiger partial charge in [0.15, 0.2) is 0 Å². The van der Waals surface area contributed by atoms with Gasteiger partial charge in [0.05, 0.1) is 25.5 Å². The Morgan fingerprint density at radius 2 is 1.79 bits per heavy atom. The van der Waals surface area contributed by atoms with Crippen LogP contribution in [0.15, 0.2) is 54.6 Å². The number of carbonyl (C=O) groups excluding carboxylic acids is 1. The summed E-state index contributed by atoms with van der Waals surface area (Å²) in [4.78, 5) is 23.4. The lowest BCUT2D eigenvalue weighted by molar-refractivity contribution is -0.137. The molecule has 0 aromatic heterocycles. The van der Waals surface area contributed by atoms with Crippen LogP contribution in [0.1, 0.15) is 29.2 Å². The minimum atomic E-state index is -0.953. The van der Waals surface area contributed by atoms with Crippen LogP contribution < -0.4 is 5.32 Å². The largest absolute Gasteiger partial charge is 0.481 e. The molecular weight excluding hydrogens is 306 g/mol. The van der Waals surface area contributed by atoms with E-state index in [1.807, 2.05) is 54.6 Å². The normalized spacial score (nSPS) is 11.7. The first-order valence-electron chi connectivity index (χ1n) is 7.71. The van der Waals surface area contributed by atoms with Crippen LogP contribution in [0.25, 0.3) is 0 Å². The van der Waals surface area contributed by atoms with Gasteiger partial charge >= 0.3 is 5.97 Å². The third kappa shape index (κ3) is 5.52. The Morgan fingerprint density at radius 1 is 1.08 bits per heavy atom. The second-order valence-electron chi connectivity index (χ2n) is 5.56. The molecule has 2 rings (SSSR count). The van der Waals surface area contributed by atoms with Crippen molar-refractivity contribution >= 4 is 11.9 Å². The molecule has 0 saturated carbocycles. The zero-order valence-electron chi connectivity index (χ0n) is 13.6. The van der Waals surface area contributed by atoms with Crippen molar-refractivity contribution in [1.29, 1.82) is 0 Å². The molecule has 126 valence electrons. The van der Waals surface area contributed by atoms with Crippen LogP contribution in [-0.2, 0) is 27.4 Å². The van der Waals surface area contributed by atoms with E-state index in [2.05, 4.69) is 5.32 Å². The summed E-state index contributed by atoms with van der Waals surface area (Å²) in [6.45, 7) is 0.487. The van der Waals surface area contributed by atoms with Gasteiger partial charge < -0.3 is 15.2 Å². The summed E-state index contributed by atoms with van der Waals surface area (Å²) in [5.74, 6) is -1.16. The molecule has 0 radical (unpaired) electrons. The first-order valence-corrected chi connectivity index (χ1v) is 7.71. The van der Waals surface area contributed by atoms with Crippen molar-refractivity contribution in [1.82, 2.24) is 5.32 Å². The first-order chi connectivity index (χ1) is 11.6. The Hall–Kier alpha value is -2.66. The van der Waals surface area contributed by atoms with Crippen molar-refractivity contribution in [3.05, 3.63) is 71.3 Å². The van der Waals surface area contributed by atoms with Crippen molar-refractivity contribution < 1.29 is 19.4 Å². The number of amides is 1. The van der Waals surface area contributed by atoms with E-state index in [0.29, 0.717) is 6.61 Å². The van der Waals surface area contributed by atoms with Gasteiger partial charge in [0, 0.05) is 7.11 Å². The molecule has 0 spiro atoms. The van der Waals surface area contributed by atoms with Crippen LogP contribution in [0, 0.1) is 0 Å². The van der Waals surface area contributed by atoms with E-state index in [4.69, 9.17) is 9.84 Å². The third-order valence-electron chi connectivity index (χ3n) is 3.58. The van der Waals surface area contributed by atoms with Gasteiger partial charge in [0.25, 0.3) is 0 Å². The van der Waals surface area contributed by atoms with Gasteiger partial charge in [0.1, 0.15) is 0 Å². The number of methoxy groups -OCH3 is 1. The van der Waals surface area contributed by atoms with Crippen molar-refractivity contribution in [2.75, 3.05) is 7.11 Å². The predicted molar refractivity (Wildman–Crippen MR) is 90.4 cm³/mol. The third-order valence-corrected chi connectivity index (χ3v) is 3.58.